The van der Waals surface area contributed by atoms with Gasteiger partial charge in [-0.05, 0) is 26.0 Å². The monoisotopic (exact) mass is 346 g/mol. The number of hydrogen-bond acceptors (Lipinski definition) is 8. The Morgan fingerprint density at radius 1 is 1.08 bits per heavy atom. The highest BCUT2D eigenvalue weighted by molar-refractivity contribution is 5.83. The van der Waals surface area contributed by atoms with E-state index in [-0.39, 0.29) is 22.9 Å². The third kappa shape index (κ3) is 3.83. The molecule has 0 aliphatic heterocycles. The van der Waals surface area contributed by atoms with E-state index in [1.807, 2.05) is 0 Å². The Kier molecular flexibility index (Phi) is 4.86. The highest BCUT2D eigenvalue weighted by Crippen LogP contribution is 2.24. The van der Waals surface area contributed by atoms with Gasteiger partial charge in [0.15, 0.2) is 0 Å². The van der Waals surface area contributed by atoms with Crippen LogP contribution in [-0.2, 0) is 4.79 Å². The normalized spacial score (nSPS) is 11.6. The second-order valence-electron chi connectivity index (χ2n) is 5.25. The van der Waals surface area contributed by atoms with E-state index in [4.69, 9.17) is 5.73 Å². The zero-order valence-corrected chi connectivity index (χ0v) is 13.3. The van der Waals surface area contributed by atoms with Gasteiger partial charge in [0.1, 0.15) is 24.3 Å². The first-order valence-corrected chi connectivity index (χ1v) is 6.98. The third-order valence-corrected chi connectivity index (χ3v) is 3.45. The molecule has 2 heterocycles. The highest BCUT2D eigenvalue weighted by Gasteiger charge is 2.23. The van der Waals surface area contributed by atoms with Crippen molar-refractivity contribution in [2.75, 3.05) is 5.32 Å². The summed E-state index contributed by atoms with van der Waals surface area (Å²) >= 11 is 0. The predicted octanol–water partition coefficient (Wildman–Crippen LogP) is 1.55. The summed E-state index contributed by atoms with van der Waals surface area (Å²) in [7, 11) is 0. The van der Waals surface area contributed by atoms with E-state index >= 15 is 0 Å². The number of primary amides is 1. The Hall–Kier alpha value is -3.63. The number of anilines is 1. The summed E-state index contributed by atoms with van der Waals surface area (Å²) in [6, 6.07) is 1.67. The van der Waals surface area contributed by atoms with E-state index in [0.717, 1.165) is 12.4 Å². The number of nitrogens with two attached hydrogens (primary N) is 1. The van der Waals surface area contributed by atoms with Crippen LogP contribution in [-0.4, -0.2) is 25.7 Å². The Morgan fingerprint density at radius 2 is 1.60 bits per heavy atom. The first-order valence-electron chi connectivity index (χ1n) is 6.98. The van der Waals surface area contributed by atoms with Crippen LogP contribution >= 0.6 is 0 Å². The lowest BCUT2D eigenvalue weighted by molar-refractivity contribution is -0.385. The number of nitro groups is 2. The minimum atomic E-state index is -1.10. The number of hydrogen-bond donors (Lipinski definition) is 2. The number of pyridine rings is 2. The minimum Gasteiger partial charge on any atom is -0.368 e. The predicted molar refractivity (Wildman–Crippen MR) is 86.8 cm³/mol. The van der Waals surface area contributed by atoms with Crippen molar-refractivity contribution in [3.05, 3.63) is 61.6 Å². The molecule has 2 aromatic heterocycles. The Labute approximate surface area is 141 Å². The molecule has 0 saturated carbocycles. The van der Waals surface area contributed by atoms with Gasteiger partial charge < -0.3 is 11.1 Å². The van der Waals surface area contributed by atoms with Crippen molar-refractivity contribution in [2.24, 2.45) is 5.73 Å². The largest absolute Gasteiger partial charge is 0.368 e. The molecule has 0 aromatic carbocycles. The molecule has 1 amide bonds. The van der Waals surface area contributed by atoms with Crippen molar-refractivity contribution < 1.29 is 14.6 Å². The van der Waals surface area contributed by atoms with Gasteiger partial charge in [-0.25, -0.2) is 4.98 Å². The van der Waals surface area contributed by atoms with E-state index in [9.17, 15) is 25.0 Å². The fourth-order valence-corrected chi connectivity index (χ4v) is 2.18. The van der Waals surface area contributed by atoms with Crippen molar-refractivity contribution >= 4 is 23.1 Å². The van der Waals surface area contributed by atoms with Gasteiger partial charge >= 0.3 is 0 Å². The zero-order valence-electron chi connectivity index (χ0n) is 13.3. The van der Waals surface area contributed by atoms with Crippen molar-refractivity contribution in [1.82, 2.24) is 9.97 Å². The van der Waals surface area contributed by atoms with Crippen LogP contribution in [0.2, 0.25) is 0 Å². The summed E-state index contributed by atoms with van der Waals surface area (Å²) in [6.45, 7) is 3.04. The van der Waals surface area contributed by atoms with Gasteiger partial charge in [-0.2, -0.15) is 0 Å². The maximum atomic E-state index is 11.7. The molecule has 130 valence electrons. The van der Waals surface area contributed by atoms with E-state index in [0.29, 0.717) is 11.1 Å². The molecule has 1 unspecified atom stereocenters. The lowest BCUT2D eigenvalue weighted by atomic mass is 10.1. The molecule has 0 aliphatic rings. The second kappa shape index (κ2) is 6.86. The number of aryl methyl sites for hydroxylation is 2. The summed E-state index contributed by atoms with van der Waals surface area (Å²) in [6.07, 6.45) is 2.10. The van der Waals surface area contributed by atoms with Crippen molar-refractivity contribution in [3.8, 4) is 0 Å². The number of rotatable bonds is 6. The first kappa shape index (κ1) is 17.7. The first-order chi connectivity index (χ1) is 11.7. The van der Waals surface area contributed by atoms with E-state index in [1.165, 1.54) is 26.0 Å². The summed E-state index contributed by atoms with van der Waals surface area (Å²) < 4.78 is 0. The molecule has 11 nitrogen and oxygen atoms in total. The van der Waals surface area contributed by atoms with Crippen LogP contribution in [0, 0.1) is 34.1 Å². The van der Waals surface area contributed by atoms with Gasteiger partial charge in [0.2, 0.25) is 5.91 Å². The van der Waals surface area contributed by atoms with Crippen LogP contribution in [0.3, 0.4) is 0 Å². The molecule has 11 heteroatoms. The molecule has 0 fully saturated rings. The van der Waals surface area contributed by atoms with Crippen LogP contribution in [0.1, 0.15) is 22.9 Å². The lowest BCUT2D eigenvalue weighted by Crippen LogP contribution is -2.29. The number of carbonyl (C=O) groups is 1. The van der Waals surface area contributed by atoms with Crippen molar-refractivity contribution in [2.45, 2.75) is 19.9 Å². The summed E-state index contributed by atoms with van der Waals surface area (Å²) in [5, 5.41) is 24.4. The number of nitrogens with one attached hydrogen (secondary N) is 1. The van der Waals surface area contributed by atoms with Gasteiger partial charge in [0, 0.05) is 11.1 Å². The smallest absolute Gasteiger partial charge is 0.290 e. The van der Waals surface area contributed by atoms with E-state index in [1.54, 1.807) is 0 Å². The van der Waals surface area contributed by atoms with Gasteiger partial charge in [-0.15, -0.1) is 0 Å². The number of aromatic nitrogens is 2. The quantitative estimate of drug-likeness (QED) is 0.586. The average Bonchev–Trinajstić information content (AvgIpc) is 2.51. The maximum Gasteiger partial charge on any atom is 0.290 e. The van der Waals surface area contributed by atoms with Crippen LogP contribution in [0.4, 0.5) is 17.2 Å². The molecule has 3 N–H and O–H groups in total. The SMILES string of the molecule is Cc1cc(NC(C(N)=O)c2cc(C)c([N+](=O)[O-])cn2)ncc1[N+](=O)[O-]. The number of carbonyl (C=O) groups excluding carboxylic acids is 1. The van der Waals surface area contributed by atoms with Crippen LogP contribution < -0.4 is 11.1 Å². The molecular formula is C14H14N6O5. The summed E-state index contributed by atoms with van der Waals surface area (Å²) in [5.74, 6) is -0.594. The second-order valence-corrected chi connectivity index (χ2v) is 5.25. The standard InChI is InChI=1S/C14H14N6O5/c1-7-3-9(16-5-10(7)19(22)23)13(14(15)21)18-12-4-8(2)11(6-17-12)20(24)25/h3-6,13H,1-2H3,(H2,15,21)(H,17,18). The van der Waals surface area contributed by atoms with E-state index < -0.39 is 21.8 Å². The third-order valence-electron chi connectivity index (χ3n) is 3.45. The molecule has 25 heavy (non-hydrogen) atoms. The highest BCUT2D eigenvalue weighted by atomic mass is 16.6. The zero-order chi connectivity index (χ0) is 18.7. The molecule has 0 radical (unpaired) electrons. The maximum absolute atomic E-state index is 11.7. The Bertz CT molecular complexity index is 869. The number of nitrogens with zero attached hydrogens (tertiary/aromatic N) is 4. The molecule has 2 rings (SSSR count). The van der Waals surface area contributed by atoms with Crippen LogP contribution in [0.25, 0.3) is 0 Å². The fraction of sp³-hybridized carbons (Fsp3) is 0.214. The van der Waals surface area contributed by atoms with Crippen LogP contribution in [0.15, 0.2) is 24.5 Å². The molecule has 0 saturated heterocycles. The molecule has 0 spiro atoms. The summed E-state index contributed by atoms with van der Waals surface area (Å²) in [5.41, 5.74) is 5.86. The Balaban J connectivity index is 2.35. The topological polar surface area (TPSA) is 167 Å². The van der Waals surface area contributed by atoms with Crippen molar-refractivity contribution in [1.29, 1.82) is 0 Å². The minimum absolute atomic E-state index is 0.162. The molecule has 2 aromatic rings. The lowest BCUT2D eigenvalue weighted by Gasteiger charge is -2.16. The van der Waals surface area contributed by atoms with Crippen LogP contribution in [0.5, 0.6) is 0 Å². The van der Waals surface area contributed by atoms with Gasteiger partial charge in [0.05, 0.1) is 15.5 Å². The van der Waals surface area contributed by atoms with Gasteiger partial charge in [0.25, 0.3) is 11.4 Å². The van der Waals surface area contributed by atoms with E-state index in [2.05, 4.69) is 15.3 Å². The van der Waals surface area contributed by atoms with Gasteiger partial charge in [-0.1, -0.05) is 0 Å². The molecular weight excluding hydrogens is 332 g/mol. The molecule has 0 aliphatic carbocycles. The fourth-order valence-electron chi connectivity index (χ4n) is 2.18. The van der Waals surface area contributed by atoms with Crippen molar-refractivity contribution in [3.63, 3.8) is 0 Å². The van der Waals surface area contributed by atoms with Gasteiger partial charge in [-0.3, -0.25) is 30.0 Å². The Morgan fingerprint density at radius 3 is 2.04 bits per heavy atom. The molecule has 0 bridgehead atoms. The summed E-state index contributed by atoms with van der Waals surface area (Å²) in [4.78, 5) is 40.0. The molecule has 1 atom stereocenters. The average molecular weight is 346 g/mol. The number of amides is 1.